The SMILES string of the molecule is CN(Cc1cscn1)c1cc(CNC2CC2)ccn1. The lowest BCUT2D eigenvalue weighted by molar-refractivity contribution is 0.686. The molecule has 1 fully saturated rings. The van der Waals surface area contributed by atoms with E-state index in [-0.39, 0.29) is 0 Å². The zero-order valence-electron chi connectivity index (χ0n) is 11.0. The molecule has 0 radical (unpaired) electrons. The van der Waals surface area contributed by atoms with Gasteiger partial charge < -0.3 is 10.2 Å². The summed E-state index contributed by atoms with van der Waals surface area (Å²) in [5, 5.41) is 5.61. The van der Waals surface area contributed by atoms with Gasteiger partial charge in [-0.3, -0.25) is 0 Å². The van der Waals surface area contributed by atoms with Gasteiger partial charge in [-0.25, -0.2) is 9.97 Å². The molecule has 19 heavy (non-hydrogen) atoms. The quantitative estimate of drug-likeness (QED) is 0.878. The Morgan fingerprint density at radius 2 is 2.32 bits per heavy atom. The van der Waals surface area contributed by atoms with Crippen LogP contribution in [0.25, 0.3) is 0 Å². The van der Waals surface area contributed by atoms with Gasteiger partial charge in [0.25, 0.3) is 0 Å². The third-order valence-corrected chi connectivity index (χ3v) is 3.89. The molecule has 0 bridgehead atoms. The van der Waals surface area contributed by atoms with Crippen LogP contribution in [0.15, 0.2) is 29.2 Å². The van der Waals surface area contributed by atoms with Crippen molar-refractivity contribution in [1.82, 2.24) is 15.3 Å². The van der Waals surface area contributed by atoms with Gasteiger partial charge in [-0.1, -0.05) is 0 Å². The van der Waals surface area contributed by atoms with Gasteiger partial charge in [0.05, 0.1) is 17.7 Å². The molecular weight excluding hydrogens is 256 g/mol. The van der Waals surface area contributed by atoms with E-state index >= 15 is 0 Å². The molecule has 0 spiro atoms. The second-order valence-corrected chi connectivity index (χ2v) is 5.73. The maximum absolute atomic E-state index is 4.44. The van der Waals surface area contributed by atoms with E-state index in [9.17, 15) is 0 Å². The molecule has 100 valence electrons. The Morgan fingerprint density at radius 3 is 3.05 bits per heavy atom. The summed E-state index contributed by atoms with van der Waals surface area (Å²) in [4.78, 5) is 10.9. The molecule has 1 aliphatic rings. The normalized spacial score (nSPS) is 14.6. The van der Waals surface area contributed by atoms with Crippen LogP contribution in [-0.4, -0.2) is 23.1 Å². The lowest BCUT2D eigenvalue weighted by atomic mass is 10.2. The number of nitrogens with zero attached hydrogens (tertiary/aromatic N) is 3. The Kier molecular flexibility index (Phi) is 3.75. The van der Waals surface area contributed by atoms with Crippen molar-refractivity contribution in [1.29, 1.82) is 0 Å². The minimum atomic E-state index is 0.740. The molecule has 5 heteroatoms. The maximum atomic E-state index is 4.44. The third-order valence-electron chi connectivity index (χ3n) is 3.26. The molecule has 0 saturated heterocycles. The van der Waals surface area contributed by atoms with Crippen LogP contribution in [0.3, 0.4) is 0 Å². The van der Waals surface area contributed by atoms with Gasteiger partial charge >= 0.3 is 0 Å². The summed E-state index contributed by atoms with van der Waals surface area (Å²) in [6, 6.07) is 4.97. The van der Waals surface area contributed by atoms with Crippen molar-refractivity contribution in [2.75, 3.05) is 11.9 Å². The van der Waals surface area contributed by atoms with Gasteiger partial charge in [0.1, 0.15) is 5.82 Å². The van der Waals surface area contributed by atoms with Crippen molar-refractivity contribution in [2.24, 2.45) is 0 Å². The Balaban J connectivity index is 1.63. The number of anilines is 1. The average molecular weight is 274 g/mol. The fraction of sp³-hybridized carbons (Fsp3) is 0.429. The highest BCUT2D eigenvalue weighted by Gasteiger charge is 2.20. The van der Waals surface area contributed by atoms with Gasteiger partial charge in [-0.15, -0.1) is 11.3 Å². The Hall–Kier alpha value is -1.46. The van der Waals surface area contributed by atoms with Crippen LogP contribution in [0.5, 0.6) is 0 Å². The van der Waals surface area contributed by atoms with E-state index in [0.29, 0.717) is 0 Å². The first-order valence-electron chi connectivity index (χ1n) is 6.58. The highest BCUT2D eigenvalue weighted by atomic mass is 32.1. The molecule has 1 N–H and O–H groups in total. The van der Waals surface area contributed by atoms with E-state index in [4.69, 9.17) is 0 Å². The number of hydrogen-bond acceptors (Lipinski definition) is 5. The Morgan fingerprint density at radius 1 is 1.42 bits per heavy atom. The summed E-state index contributed by atoms with van der Waals surface area (Å²) in [6.07, 6.45) is 4.53. The lowest BCUT2D eigenvalue weighted by Gasteiger charge is -2.17. The number of thiazole rings is 1. The summed E-state index contributed by atoms with van der Waals surface area (Å²) in [5.74, 6) is 1.00. The van der Waals surface area contributed by atoms with Crippen LogP contribution >= 0.6 is 11.3 Å². The molecule has 0 aliphatic heterocycles. The largest absolute Gasteiger partial charge is 0.354 e. The average Bonchev–Trinajstić information content (AvgIpc) is 3.13. The summed E-state index contributed by atoms with van der Waals surface area (Å²) in [6.45, 7) is 1.74. The van der Waals surface area contributed by atoms with Crippen LogP contribution in [-0.2, 0) is 13.1 Å². The molecule has 0 unspecified atom stereocenters. The molecule has 3 rings (SSSR count). The first-order chi connectivity index (χ1) is 9.31. The predicted octanol–water partition coefficient (Wildman–Crippen LogP) is 2.43. The van der Waals surface area contributed by atoms with E-state index in [1.54, 1.807) is 11.3 Å². The number of hydrogen-bond donors (Lipinski definition) is 1. The Labute approximate surface area is 117 Å². The third kappa shape index (κ3) is 3.52. The molecule has 2 aromatic rings. The number of nitrogens with one attached hydrogen (secondary N) is 1. The van der Waals surface area contributed by atoms with Crippen LogP contribution in [0.2, 0.25) is 0 Å². The lowest BCUT2D eigenvalue weighted by Crippen LogP contribution is -2.19. The van der Waals surface area contributed by atoms with E-state index in [0.717, 1.165) is 30.6 Å². The fourth-order valence-corrected chi connectivity index (χ4v) is 2.52. The topological polar surface area (TPSA) is 41.1 Å². The first kappa shape index (κ1) is 12.6. The smallest absolute Gasteiger partial charge is 0.128 e. The monoisotopic (exact) mass is 274 g/mol. The predicted molar refractivity (Wildman–Crippen MR) is 78.3 cm³/mol. The second-order valence-electron chi connectivity index (χ2n) is 5.01. The molecule has 0 aromatic carbocycles. The molecule has 0 atom stereocenters. The van der Waals surface area contributed by atoms with Gasteiger partial charge in [-0.2, -0.15) is 0 Å². The van der Waals surface area contributed by atoms with Gasteiger partial charge in [0.2, 0.25) is 0 Å². The van der Waals surface area contributed by atoms with Crippen molar-refractivity contribution in [3.63, 3.8) is 0 Å². The number of rotatable bonds is 6. The zero-order valence-corrected chi connectivity index (χ0v) is 11.9. The molecule has 0 amide bonds. The van der Waals surface area contributed by atoms with E-state index in [1.807, 2.05) is 11.7 Å². The molecule has 2 aromatic heterocycles. The van der Waals surface area contributed by atoms with Gasteiger partial charge in [0, 0.05) is 31.2 Å². The summed E-state index contributed by atoms with van der Waals surface area (Å²) in [7, 11) is 2.06. The Bertz CT molecular complexity index is 522. The minimum Gasteiger partial charge on any atom is -0.354 e. The molecule has 1 saturated carbocycles. The summed E-state index contributed by atoms with van der Waals surface area (Å²) in [5.41, 5.74) is 4.25. The van der Waals surface area contributed by atoms with Crippen molar-refractivity contribution >= 4 is 17.2 Å². The summed E-state index contributed by atoms with van der Waals surface area (Å²) >= 11 is 1.63. The second kappa shape index (κ2) is 5.67. The molecule has 1 aliphatic carbocycles. The standard InChI is InChI=1S/C14H18N4S/c1-18(8-13-9-19-10-17-13)14-6-11(4-5-15-14)7-16-12-2-3-12/h4-6,9-10,12,16H,2-3,7-8H2,1H3. The van der Waals surface area contributed by atoms with Crippen molar-refractivity contribution in [2.45, 2.75) is 32.0 Å². The molecule has 2 heterocycles. The van der Waals surface area contributed by atoms with Crippen LogP contribution in [0.4, 0.5) is 5.82 Å². The van der Waals surface area contributed by atoms with Crippen LogP contribution in [0, 0.1) is 0 Å². The number of pyridine rings is 1. The number of aromatic nitrogens is 2. The minimum absolute atomic E-state index is 0.740. The fourth-order valence-electron chi connectivity index (χ4n) is 1.97. The van der Waals surface area contributed by atoms with E-state index < -0.39 is 0 Å². The zero-order chi connectivity index (χ0) is 13.1. The van der Waals surface area contributed by atoms with E-state index in [2.05, 4.69) is 44.7 Å². The van der Waals surface area contributed by atoms with Crippen molar-refractivity contribution in [3.8, 4) is 0 Å². The van der Waals surface area contributed by atoms with Crippen LogP contribution < -0.4 is 10.2 Å². The van der Waals surface area contributed by atoms with Crippen molar-refractivity contribution in [3.05, 3.63) is 40.5 Å². The first-order valence-corrected chi connectivity index (χ1v) is 7.52. The van der Waals surface area contributed by atoms with Crippen LogP contribution in [0.1, 0.15) is 24.1 Å². The maximum Gasteiger partial charge on any atom is 0.128 e. The highest BCUT2D eigenvalue weighted by molar-refractivity contribution is 7.07. The highest BCUT2D eigenvalue weighted by Crippen LogP contribution is 2.20. The molecular formula is C14H18N4S. The van der Waals surface area contributed by atoms with E-state index in [1.165, 1.54) is 18.4 Å². The van der Waals surface area contributed by atoms with Crippen molar-refractivity contribution < 1.29 is 0 Å². The van der Waals surface area contributed by atoms with Gasteiger partial charge in [0.15, 0.2) is 0 Å². The molecule has 4 nitrogen and oxygen atoms in total. The summed E-state index contributed by atoms with van der Waals surface area (Å²) < 4.78 is 0. The van der Waals surface area contributed by atoms with Gasteiger partial charge in [-0.05, 0) is 30.5 Å².